The molecule has 0 heterocycles. The van der Waals surface area contributed by atoms with E-state index in [1.54, 1.807) is 6.92 Å². The molecule has 1 aliphatic rings. The number of hydroxylamine groups is 1. The van der Waals surface area contributed by atoms with Gasteiger partial charge in [-0.15, -0.1) is 0 Å². The summed E-state index contributed by atoms with van der Waals surface area (Å²) in [6.45, 7) is 2.50. The molecular formula is C17H17NO3. The lowest BCUT2D eigenvalue weighted by Gasteiger charge is -2.14. The van der Waals surface area contributed by atoms with Crippen molar-refractivity contribution in [3.63, 3.8) is 0 Å². The molecule has 2 aromatic carbocycles. The monoisotopic (exact) mass is 283 g/mol. The van der Waals surface area contributed by atoms with Crippen molar-refractivity contribution < 1.29 is 14.4 Å². The zero-order chi connectivity index (χ0) is 14.7. The minimum atomic E-state index is -0.557. The first kappa shape index (κ1) is 13.6. The van der Waals surface area contributed by atoms with Crippen molar-refractivity contribution in [2.45, 2.75) is 12.8 Å². The number of hydrogen-bond acceptors (Lipinski definition) is 3. The van der Waals surface area contributed by atoms with Gasteiger partial charge in [-0.25, -0.2) is 4.79 Å². The average Bonchev–Trinajstić information content (AvgIpc) is 2.85. The van der Waals surface area contributed by atoms with E-state index in [0.717, 1.165) is 0 Å². The molecule has 21 heavy (non-hydrogen) atoms. The normalized spacial score (nSPS) is 12.6. The Kier molecular flexibility index (Phi) is 3.88. The van der Waals surface area contributed by atoms with Gasteiger partial charge in [0.05, 0.1) is 6.61 Å². The van der Waals surface area contributed by atoms with Gasteiger partial charge in [-0.05, 0) is 29.2 Å². The molecule has 0 aromatic heterocycles. The van der Waals surface area contributed by atoms with Crippen LogP contribution in [0.4, 0.5) is 4.79 Å². The summed E-state index contributed by atoms with van der Waals surface area (Å²) in [4.78, 5) is 16.3. The Morgan fingerprint density at radius 3 is 2.19 bits per heavy atom. The molecule has 0 saturated carbocycles. The molecule has 0 aliphatic heterocycles. The highest BCUT2D eigenvalue weighted by atomic mass is 16.7. The van der Waals surface area contributed by atoms with Crippen LogP contribution in [0.15, 0.2) is 48.5 Å². The van der Waals surface area contributed by atoms with Crippen LogP contribution < -0.4 is 5.48 Å². The molecule has 108 valence electrons. The third kappa shape index (κ3) is 2.62. The maximum Gasteiger partial charge on any atom is 0.431 e. The molecule has 0 unspecified atom stereocenters. The van der Waals surface area contributed by atoms with E-state index in [1.807, 2.05) is 24.3 Å². The van der Waals surface area contributed by atoms with Crippen LogP contribution in [0.25, 0.3) is 11.1 Å². The number of amides is 1. The van der Waals surface area contributed by atoms with Gasteiger partial charge in [-0.3, -0.25) is 4.84 Å². The Morgan fingerprint density at radius 2 is 1.62 bits per heavy atom. The molecular weight excluding hydrogens is 266 g/mol. The summed E-state index contributed by atoms with van der Waals surface area (Å²) in [5.41, 5.74) is 7.07. The van der Waals surface area contributed by atoms with Crippen LogP contribution in [0.1, 0.15) is 24.0 Å². The summed E-state index contributed by atoms with van der Waals surface area (Å²) < 4.78 is 5.27. The molecule has 0 saturated heterocycles. The second kappa shape index (κ2) is 5.97. The fourth-order valence-electron chi connectivity index (χ4n) is 2.76. The summed E-state index contributed by atoms with van der Waals surface area (Å²) in [6, 6.07) is 16.5. The van der Waals surface area contributed by atoms with Gasteiger partial charge in [0, 0.05) is 5.92 Å². The first-order valence-corrected chi connectivity index (χ1v) is 7.04. The molecule has 2 aromatic rings. The van der Waals surface area contributed by atoms with Crippen molar-refractivity contribution in [3.05, 3.63) is 59.7 Å². The van der Waals surface area contributed by atoms with E-state index < -0.39 is 6.09 Å². The number of nitrogens with one attached hydrogen (secondary N) is 1. The summed E-state index contributed by atoms with van der Waals surface area (Å²) in [6.07, 6.45) is -0.557. The zero-order valence-electron chi connectivity index (χ0n) is 11.8. The van der Waals surface area contributed by atoms with Crippen LogP contribution in [-0.2, 0) is 9.57 Å². The summed E-state index contributed by atoms with van der Waals surface area (Å²) >= 11 is 0. The lowest BCUT2D eigenvalue weighted by molar-refractivity contribution is 0.0335. The molecule has 1 amide bonds. The number of carbonyl (C=O) groups excluding carboxylic acids is 1. The lowest BCUT2D eigenvalue weighted by atomic mass is 9.98. The van der Waals surface area contributed by atoms with E-state index in [1.165, 1.54) is 22.3 Å². The van der Waals surface area contributed by atoms with E-state index >= 15 is 0 Å². The summed E-state index contributed by atoms with van der Waals surface area (Å²) in [5.74, 6) is 0.0739. The Bertz CT molecular complexity index is 608. The quantitative estimate of drug-likeness (QED) is 0.874. The van der Waals surface area contributed by atoms with E-state index in [-0.39, 0.29) is 5.92 Å². The Labute approximate surface area is 123 Å². The minimum absolute atomic E-state index is 0.0739. The molecule has 0 radical (unpaired) electrons. The SMILES string of the molecule is CCONC(=O)OCC1c2ccccc2-c2ccccc21. The molecule has 1 N–H and O–H groups in total. The fraction of sp³-hybridized carbons (Fsp3) is 0.235. The first-order chi connectivity index (χ1) is 10.3. The Hall–Kier alpha value is -2.33. The van der Waals surface area contributed by atoms with Gasteiger partial charge in [0.15, 0.2) is 0 Å². The Morgan fingerprint density at radius 1 is 1.05 bits per heavy atom. The fourth-order valence-corrected chi connectivity index (χ4v) is 2.76. The van der Waals surface area contributed by atoms with Crippen molar-refractivity contribution in [2.75, 3.05) is 13.2 Å². The van der Waals surface area contributed by atoms with Crippen LogP contribution in [0.3, 0.4) is 0 Å². The van der Waals surface area contributed by atoms with Crippen LogP contribution in [0.2, 0.25) is 0 Å². The first-order valence-electron chi connectivity index (χ1n) is 7.04. The van der Waals surface area contributed by atoms with Crippen molar-refractivity contribution in [1.82, 2.24) is 5.48 Å². The highest BCUT2D eigenvalue weighted by molar-refractivity contribution is 5.79. The predicted octanol–water partition coefficient (Wildman–Crippen LogP) is 3.48. The third-order valence-corrected chi connectivity index (χ3v) is 3.64. The smallest absolute Gasteiger partial charge is 0.431 e. The number of fused-ring (bicyclic) bond motifs is 3. The molecule has 0 fully saturated rings. The number of benzene rings is 2. The lowest BCUT2D eigenvalue weighted by Crippen LogP contribution is -2.26. The van der Waals surface area contributed by atoms with E-state index in [4.69, 9.17) is 9.57 Å². The summed E-state index contributed by atoms with van der Waals surface area (Å²) in [5, 5.41) is 0. The number of ether oxygens (including phenoxy) is 1. The molecule has 1 aliphatic carbocycles. The molecule has 3 rings (SSSR count). The molecule has 4 nitrogen and oxygen atoms in total. The maximum atomic E-state index is 11.5. The van der Waals surface area contributed by atoms with Crippen molar-refractivity contribution >= 4 is 6.09 Å². The summed E-state index contributed by atoms with van der Waals surface area (Å²) in [7, 11) is 0. The van der Waals surface area contributed by atoms with Gasteiger partial charge in [-0.2, -0.15) is 5.48 Å². The predicted molar refractivity (Wildman–Crippen MR) is 79.8 cm³/mol. The van der Waals surface area contributed by atoms with Gasteiger partial charge in [0.1, 0.15) is 6.61 Å². The number of carbonyl (C=O) groups is 1. The van der Waals surface area contributed by atoms with Crippen LogP contribution in [0, 0.1) is 0 Å². The molecule has 0 spiro atoms. The van der Waals surface area contributed by atoms with E-state index in [0.29, 0.717) is 13.2 Å². The van der Waals surface area contributed by atoms with Gasteiger partial charge in [-0.1, -0.05) is 48.5 Å². The van der Waals surface area contributed by atoms with Crippen LogP contribution >= 0.6 is 0 Å². The maximum absolute atomic E-state index is 11.5. The minimum Gasteiger partial charge on any atom is -0.447 e. The second-order valence-electron chi connectivity index (χ2n) is 4.86. The Balaban J connectivity index is 1.81. The van der Waals surface area contributed by atoms with E-state index in [9.17, 15) is 4.79 Å². The third-order valence-electron chi connectivity index (χ3n) is 3.64. The molecule has 0 bridgehead atoms. The highest BCUT2D eigenvalue weighted by Crippen LogP contribution is 2.44. The van der Waals surface area contributed by atoms with Crippen LogP contribution in [-0.4, -0.2) is 19.3 Å². The largest absolute Gasteiger partial charge is 0.447 e. The van der Waals surface area contributed by atoms with Gasteiger partial charge >= 0.3 is 6.09 Å². The second-order valence-corrected chi connectivity index (χ2v) is 4.86. The van der Waals surface area contributed by atoms with Crippen molar-refractivity contribution in [2.24, 2.45) is 0 Å². The molecule has 0 atom stereocenters. The highest BCUT2D eigenvalue weighted by Gasteiger charge is 2.28. The van der Waals surface area contributed by atoms with Crippen LogP contribution in [0.5, 0.6) is 0 Å². The van der Waals surface area contributed by atoms with Gasteiger partial charge in [0.2, 0.25) is 0 Å². The standard InChI is InChI=1S/C17H17NO3/c1-2-21-18-17(19)20-11-16-14-9-5-3-7-12(14)13-8-4-6-10-15(13)16/h3-10,16H,2,11H2,1H3,(H,18,19). The average molecular weight is 283 g/mol. The zero-order valence-corrected chi connectivity index (χ0v) is 11.8. The molecule has 4 heteroatoms. The van der Waals surface area contributed by atoms with Gasteiger partial charge < -0.3 is 4.74 Å². The van der Waals surface area contributed by atoms with Crippen molar-refractivity contribution in [3.8, 4) is 11.1 Å². The number of hydrogen-bond donors (Lipinski definition) is 1. The topological polar surface area (TPSA) is 47.6 Å². The van der Waals surface area contributed by atoms with Gasteiger partial charge in [0.25, 0.3) is 0 Å². The van der Waals surface area contributed by atoms with Crippen molar-refractivity contribution in [1.29, 1.82) is 0 Å². The number of rotatable bonds is 4. The van der Waals surface area contributed by atoms with E-state index in [2.05, 4.69) is 29.7 Å².